The van der Waals surface area contributed by atoms with Gasteiger partial charge in [-0.2, -0.15) is 5.26 Å². The highest BCUT2D eigenvalue weighted by Gasteiger charge is 2.20. The van der Waals surface area contributed by atoms with Crippen molar-refractivity contribution in [1.29, 1.82) is 5.26 Å². The highest BCUT2D eigenvalue weighted by atomic mass is 14.9. The van der Waals surface area contributed by atoms with Crippen molar-refractivity contribution in [2.24, 2.45) is 0 Å². The van der Waals surface area contributed by atoms with Gasteiger partial charge in [-0.15, -0.1) is 0 Å². The molecule has 0 aliphatic carbocycles. The maximum Gasteiger partial charge on any atom is 0.176 e. The largest absolute Gasteiger partial charge is 0.320 e. The fourth-order valence-electron chi connectivity index (χ4n) is 2.18. The van der Waals surface area contributed by atoms with E-state index in [1.54, 1.807) is 0 Å². The van der Waals surface area contributed by atoms with Gasteiger partial charge in [0.05, 0.1) is 0 Å². The Morgan fingerprint density at radius 2 is 1.94 bits per heavy atom. The van der Waals surface area contributed by atoms with Crippen molar-refractivity contribution >= 4 is 0 Å². The van der Waals surface area contributed by atoms with E-state index in [2.05, 4.69) is 49.6 Å². The third-order valence-electron chi connectivity index (χ3n) is 3.00. The number of hydrogen-bond donors (Lipinski definition) is 1. The van der Waals surface area contributed by atoms with Gasteiger partial charge in [-0.1, -0.05) is 50.6 Å². The molecule has 0 saturated carbocycles. The zero-order chi connectivity index (χ0) is 11.8. The topological polar surface area (TPSA) is 35.8 Å². The van der Waals surface area contributed by atoms with Gasteiger partial charge >= 0.3 is 0 Å². The average Bonchev–Trinajstić information content (AvgIpc) is 2.35. The number of benzene rings is 1. The maximum absolute atomic E-state index is 8.77. The number of nitrogens with zero attached hydrogens (tertiary/aromatic N) is 1. The summed E-state index contributed by atoms with van der Waals surface area (Å²) in [5, 5.41) is 11.7. The molecule has 1 aromatic rings. The molecule has 0 amide bonds. The predicted octanol–water partition coefficient (Wildman–Crippen LogP) is 3.42. The molecule has 16 heavy (non-hydrogen) atoms. The van der Waals surface area contributed by atoms with Crippen molar-refractivity contribution in [3.63, 3.8) is 0 Å². The average molecular weight is 216 g/mol. The van der Waals surface area contributed by atoms with Gasteiger partial charge in [0.25, 0.3) is 0 Å². The minimum absolute atomic E-state index is 0.257. The van der Waals surface area contributed by atoms with E-state index < -0.39 is 0 Å². The summed E-state index contributed by atoms with van der Waals surface area (Å²) in [4.78, 5) is 0. The van der Waals surface area contributed by atoms with E-state index in [0.29, 0.717) is 5.92 Å². The molecule has 0 radical (unpaired) electrons. The van der Waals surface area contributed by atoms with Crippen LogP contribution in [0.4, 0.5) is 0 Å². The van der Waals surface area contributed by atoms with E-state index in [9.17, 15) is 0 Å². The fraction of sp³-hybridized carbons (Fsp3) is 0.500. The summed E-state index contributed by atoms with van der Waals surface area (Å²) in [6.07, 6.45) is 5.32. The molecule has 86 valence electrons. The first-order valence-corrected chi connectivity index (χ1v) is 6.03. The standard InChI is InChI=1S/C14H20N2/c1-3-8-13(14(4-2)16-11-15)12-9-6-5-7-10-12/h5-7,9-10,13-14,16H,3-4,8H2,1-2H3. The second-order valence-electron chi connectivity index (χ2n) is 4.08. The predicted molar refractivity (Wildman–Crippen MR) is 66.9 cm³/mol. The molecule has 2 nitrogen and oxygen atoms in total. The van der Waals surface area contributed by atoms with Crippen LogP contribution in [0.1, 0.15) is 44.6 Å². The Hall–Kier alpha value is -1.49. The smallest absolute Gasteiger partial charge is 0.176 e. The Balaban J connectivity index is 2.85. The first kappa shape index (κ1) is 12.6. The van der Waals surface area contributed by atoms with Gasteiger partial charge in [-0.3, -0.25) is 0 Å². The molecule has 0 heterocycles. The Labute approximate surface area is 98.3 Å². The van der Waals surface area contributed by atoms with E-state index in [1.165, 1.54) is 5.56 Å². The van der Waals surface area contributed by atoms with Crippen LogP contribution in [0.15, 0.2) is 30.3 Å². The van der Waals surface area contributed by atoms with E-state index >= 15 is 0 Å². The Morgan fingerprint density at radius 1 is 1.25 bits per heavy atom. The zero-order valence-electron chi connectivity index (χ0n) is 10.1. The van der Waals surface area contributed by atoms with Crippen molar-refractivity contribution in [3.8, 4) is 6.19 Å². The van der Waals surface area contributed by atoms with Crippen LogP contribution in [-0.4, -0.2) is 6.04 Å². The number of nitrogens with one attached hydrogen (secondary N) is 1. The molecule has 2 unspecified atom stereocenters. The van der Waals surface area contributed by atoms with Gasteiger partial charge in [-0.25, -0.2) is 0 Å². The quantitative estimate of drug-likeness (QED) is 0.584. The molecule has 0 aliphatic rings. The lowest BCUT2D eigenvalue weighted by molar-refractivity contribution is 0.442. The summed E-state index contributed by atoms with van der Waals surface area (Å²) >= 11 is 0. The fourth-order valence-corrected chi connectivity index (χ4v) is 2.18. The van der Waals surface area contributed by atoms with Crippen LogP contribution in [0.3, 0.4) is 0 Å². The summed E-state index contributed by atoms with van der Waals surface area (Å²) in [6, 6.07) is 10.7. The van der Waals surface area contributed by atoms with E-state index in [0.717, 1.165) is 19.3 Å². The van der Waals surface area contributed by atoms with Crippen LogP contribution in [0, 0.1) is 11.5 Å². The van der Waals surface area contributed by atoms with Crippen molar-refractivity contribution in [2.75, 3.05) is 0 Å². The molecule has 0 fully saturated rings. The third-order valence-corrected chi connectivity index (χ3v) is 3.00. The molecule has 2 atom stereocenters. The molecule has 0 saturated heterocycles. The van der Waals surface area contributed by atoms with Crippen LogP contribution in [-0.2, 0) is 0 Å². The zero-order valence-corrected chi connectivity index (χ0v) is 10.1. The lowest BCUT2D eigenvalue weighted by Crippen LogP contribution is -2.31. The van der Waals surface area contributed by atoms with Crippen molar-refractivity contribution in [2.45, 2.75) is 45.1 Å². The second-order valence-corrected chi connectivity index (χ2v) is 4.08. The van der Waals surface area contributed by atoms with Crippen molar-refractivity contribution in [1.82, 2.24) is 5.32 Å². The number of hydrogen-bond acceptors (Lipinski definition) is 2. The molecule has 1 rings (SSSR count). The van der Waals surface area contributed by atoms with Crippen LogP contribution < -0.4 is 5.32 Å². The number of nitriles is 1. The summed E-state index contributed by atoms with van der Waals surface area (Å²) in [7, 11) is 0. The lowest BCUT2D eigenvalue weighted by Gasteiger charge is -2.25. The van der Waals surface area contributed by atoms with Crippen LogP contribution in [0.2, 0.25) is 0 Å². The molecule has 0 bridgehead atoms. The third kappa shape index (κ3) is 3.27. The van der Waals surface area contributed by atoms with Crippen molar-refractivity contribution < 1.29 is 0 Å². The number of rotatable bonds is 6. The summed E-state index contributed by atoms with van der Waals surface area (Å²) in [6.45, 7) is 4.32. The van der Waals surface area contributed by atoms with E-state index in [4.69, 9.17) is 5.26 Å². The van der Waals surface area contributed by atoms with Gasteiger partial charge in [0.15, 0.2) is 6.19 Å². The highest BCUT2D eigenvalue weighted by molar-refractivity contribution is 5.21. The normalized spacial score (nSPS) is 13.8. The summed E-state index contributed by atoms with van der Waals surface area (Å²) < 4.78 is 0. The van der Waals surface area contributed by atoms with Gasteiger partial charge < -0.3 is 5.32 Å². The Morgan fingerprint density at radius 3 is 2.44 bits per heavy atom. The maximum atomic E-state index is 8.77. The minimum Gasteiger partial charge on any atom is -0.320 e. The van der Waals surface area contributed by atoms with Gasteiger partial charge in [0.1, 0.15) is 0 Å². The van der Waals surface area contributed by atoms with Crippen LogP contribution in [0.5, 0.6) is 0 Å². The monoisotopic (exact) mass is 216 g/mol. The molecule has 0 spiro atoms. The summed E-state index contributed by atoms with van der Waals surface area (Å²) in [5.41, 5.74) is 1.33. The molecule has 0 aliphatic heterocycles. The van der Waals surface area contributed by atoms with Gasteiger partial charge in [0.2, 0.25) is 0 Å². The van der Waals surface area contributed by atoms with Gasteiger partial charge in [0, 0.05) is 12.0 Å². The summed E-state index contributed by atoms with van der Waals surface area (Å²) in [5.74, 6) is 0.441. The Kier molecular flexibility index (Phi) is 5.42. The first-order chi connectivity index (χ1) is 7.83. The lowest BCUT2D eigenvalue weighted by atomic mass is 9.86. The van der Waals surface area contributed by atoms with Crippen LogP contribution >= 0.6 is 0 Å². The highest BCUT2D eigenvalue weighted by Crippen LogP contribution is 2.26. The Bertz CT molecular complexity index is 326. The molecule has 0 aromatic heterocycles. The second kappa shape index (κ2) is 6.90. The van der Waals surface area contributed by atoms with Gasteiger partial charge in [-0.05, 0) is 18.4 Å². The van der Waals surface area contributed by atoms with E-state index in [1.807, 2.05) is 6.07 Å². The van der Waals surface area contributed by atoms with Crippen LogP contribution in [0.25, 0.3) is 0 Å². The molecule has 2 heteroatoms. The SMILES string of the molecule is CCCC(c1ccccc1)C(CC)NC#N. The molecular formula is C14H20N2. The molecule has 1 N–H and O–H groups in total. The molecule has 1 aromatic carbocycles. The molecular weight excluding hydrogens is 196 g/mol. The van der Waals surface area contributed by atoms with Crippen molar-refractivity contribution in [3.05, 3.63) is 35.9 Å². The first-order valence-electron chi connectivity index (χ1n) is 6.03. The van der Waals surface area contributed by atoms with E-state index in [-0.39, 0.29) is 6.04 Å². The minimum atomic E-state index is 0.257.